The number of benzene rings is 2. The maximum absolute atomic E-state index is 11.9. The second kappa shape index (κ2) is 7.37. The van der Waals surface area contributed by atoms with Crippen LogP contribution in [0.1, 0.15) is 5.56 Å². The van der Waals surface area contributed by atoms with Crippen LogP contribution in [-0.4, -0.2) is 17.7 Å². The molecule has 0 bridgehead atoms. The number of nitro groups is 1. The first kappa shape index (κ1) is 16.4. The van der Waals surface area contributed by atoms with E-state index in [0.29, 0.717) is 12.2 Å². The van der Waals surface area contributed by atoms with Gasteiger partial charge in [0.15, 0.2) is 0 Å². The summed E-state index contributed by atoms with van der Waals surface area (Å²) in [6, 6.07) is 10.6. The first-order chi connectivity index (χ1) is 11.0. The zero-order valence-electron chi connectivity index (χ0n) is 12.0. The molecule has 0 atom stereocenters. The summed E-state index contributed by atoms with van der Waals surface area (Å²) in [7, 11) is 0. The van der Waals surface area contributed by atoms with Crippen molar-refractivity contribution in [2.24, 2.45) is 4.99 Å². The Bertz CT molecular complexity index is 747. The lowest BCUT2D eigenvalue weighted by Crippen LogP contribution is -2.19. The van der Waals surface area contributed by atoms with Crippen molar-refractivity contribution in [3.63, 3.8) is 0 Å². The summed E-state index contributed by atoms with van der Waals surface area (Å²) in [5, 5.41) is 16.0. The van der Waals surface area contributed by atoms with Crippen LogP contribution in [-0.2, 0) is 6.54 Å². The van der Waals surface area contributed by atoms with Gasteiger partial charge >= 0.3 is 6.03 Å². The highest BCUT2D eigenvalue weighted by atomic mass is 35.5. The van der Waals surface area contributed by atoms with Gasteiger partial charge in [0.1, 0.15) is 5.02 Å². The van der Waals surface area contributed by atoms with E-state index < -0.39 is 11.0 Å². The fourth-order valence-corrected chi connectivity index (χ4v) is 2.03. The summed E-state index contributed by atoms with van der Waals surface area (Å²) < 4.78 is 0. The van der Waals surface area contributed by atoms with Gasteiger partial charge in [-0.05, 0) is 36.5 Å². The third-order valence-electron chi connectivity index (χ3n) is 2.91. The number of hydrogen-bond acceptors (Lipinski definition) is 4. The largest absolute Gasteiger partial charge is 0.323 e. The number of halogens is 1. The summed E-state index contributed by atoms with van der Waals surface area (Å²) in [4.78, 5) is 25.9. The lowest BCUT2D eigenvalue weighted by molar-refractivity contribution is -0.384. The van der Waals surface area contributed by atoms with Crippen molar-refractivity contribution in [1.29, 1.82) is 0 Å². The van der Waals surface area contributed by atoms with Crippen LogP contribution in [0.5, 0.6) is 0 Å². The van der Waals surface area contributed by atoms with E-state index >= 15 is 0 Å². The van der Waals surface area contributed by atoms with E-state index in [1.165, 1.54) is 18.2 Å². The third-order valence-corrected chi connectivity index (χ3v) is 3.23. The molecule has 0 aliphatic heterocycles. The number of carbonyl (C=O) groups excluding carboxylic acids is 1. The molecule has 0 spiro atoms. The molecule has 0 saturated carbocycles. The molecule has 0 aromatic heterocycles. The zero-order valence-corrected chi connectivity index (χ0v) is 12.7. The Morgan fingerprint density at radius 2 is 1.78 bits per heavy atom. The van der Waals surface area contributed by atoms with Crippen molar-refractivity contribution in [3.8, 4) is 0 Å². The second-order valence-electron chi connectivity index (χ2n) is 4.58. The molecule has 0 unspecified atom stereocenters. The molecule has 0 aliphatic rings. The molecule has 118 valence electrons. The van der Waals surface area contributed by atoms with E-state index in [2.05, 4.69) is 22.3 Å². The van der Waals surface area contributed by atoms with Gasteiger partial charge in [-0.3, -0.25) is 15.1 Å². The lowest BCUT2D eigenvalue weighted by Gasteiger charge is -2.08. The average Bonchev–Trinajstić information content (AvgIpc) is 2.51. The molecule has 2 rings (SSSR count). The number of hydrogen-bond donors (Lipinski definition) is 2. The maximum atomic E-state index is 11.9. The summed E-state index contributed by atoms with van der Waals surface area (Å²) in [5.41, 5.74) is 1.55. The van der Waals surface area contributed by atoms with Gasteiger partial charge < -0.3 is 10.6 Å². The fourth-order valence-electron chi connectivity index (χ4n) is 1.85. The second-order valence-corrected chi connectivity index (χ2v) is 4.99. The van der Waals surface area contributed by atoms with E-state index in [4.69, 9.17) is 11.6 Å². The van der Waals surface area contributed by atoms with E-state index in [1.807, 2.05) is 12.1 Å². The predicted molar refractivity (Wildman–Crippen MR) is 90.4 cm³/mol. The number of nitrogens with one attached hydrogen (secondary N) is 2. The van der Waals surface area contributed by atoms with Gasteiger partial charge in [0.2, 0.25) is 0 Å². The van der Waals surface area contributed by atoms with Crippen LogP contribution in [0.3, 0.4) is 0 Å². The predicted octanol–water partition coefficient (Wildman–Crippen LogP) is 4.09. The Morgan fingerprint density at radius 1 is 1.17 bits per heavy atom. The summed E-state index contributed by atoms with van der Waals surface area (Å²) in [5.74, 6) is 0. The van der Waals surface area contributed by atoms with Gasteiger partial charge in [-0.15, -0.1) is 0 Å². The topological polar surface area (TPSA) is 96.6 Å². The first-order valence-corrected chi connectivity index (χ1v) is 6.91. The molecule has 23 heavy (non-hydrogen) atoms. The van der Waals surface area contributed by atoms with Crippen molar-refractivity contribution < 1.29 is 9.72 Å². The number of carbonyl (C=O) groups is 1. The van der Waals surface area contributed by atoms with E-state index in [-0.39, 0.29) is 16.4 Å². The van der Waals surface area contributed by atoms with Crippen molar-refractivity contribution >= 4 is 41.4 Å². The van der Waals surface area contributed by atoms with Crippen molar-refractivity contribution in [2.75, 3.05) is 10.6 Å². The molecule has 8 heteroatoms. The number of nitro benzene ring substituents is 1. The van der Waals surface area contributed by atoms with Gasteiger partial charge in [-0.2, -0.15) is 0 Å². The van der Waals surface area contributed by atoms with Gasteiger partial charge in [0.05, 0.1) is 11.5 Å². The average molecular weight is 333 g/mol. The molecular weight excluding hydrogens is 320 g/mol. The number of anilines is 2. The number of aliphatic imine (C=N–C) groups is 1. The summed E-state index contributed by atoms with van der Waals surface area (Å²) in [6.07, 6.45) is 0. The van der Waals surface area contributed by atoms with Crippen molar-refractivity contribution in [3.05, 3.63) is 63.2 Å². The van der Waals surface area contributed by atoms with Crippen LogP contribution in [0.15, 0.2) is 47.5 Å². The van der Waals surface area contributed by atoms with Gasteiger partial charge in [0, 0.05) is 17.4 Å². The Morgan fingerprint density at radius 3 is 2.39 bits per heavy atom. The molecule has 0 radical (unpaired) electrons. The Balaban J connectivity index is 2.03. The SMILES string of the molecule is C=NCc1ccc(NC(=O)Nc2ccc(Cl)c([N+](=O)[O-])c2)cc1. The van der Waals surface area contributed by atoms with Gasteiger partial charge in [-0.25, -0.2) is 4.79 Å². The van der Waals surface area contributed by atoms with Crippen LogP contribution in [0.4, 0.5) is 21.9 Å². The quantitative estimate of drug-likeness (QED) is 0.490. The highest BCUT2D eigenvalue weighted by molar-refractivity contribution is 6.32. The minimum absolute atomic E-state index is 0.00683. The van der Waals surface area contributed by atoms with E-state index in [1.54, 1.807) is 12.1 Å². The Labute approximate surface area is 137 Å². The molecule has 2 N–H and O–H groups in total. The number of amides is 2. The maximum Gasteiger partial charge on any atom is 0.323 e. The molecular formula is C15H13ClN4O3. The summed E-state index contributed by atoms with van der Waals surface area (Å²) in [6.45, 7) is 3.91. The molecule has 0 heterocycles. The first-order valence-electron chi connectivity index (χ1n) is 6.53. The minimum Gasteiger partial charge on any atom is -0.308 e. The monoisotopic (exact) mass is 332 g/mol. The smallest absolute Gasteiger partial charge is 0.308 e. The van der Waals surface area contributed by atoms with Gasteiger partial charge in [-0.1, -0.05) is 23.7 Å². The molecule has 2 amide bonds. The van der Waals surface area contributed by atoms with E-state index in [0.717, 1.165) is 5.56 Å². The molecule has 2 aromatic carbocycles. The number of nitrogens with zero attached hydrogens (tertiary/aromatic N) is 2. The highest BCUT2D eigenvalue weighted by Gasteiger charge is 2.13. The Kier molecular flexibility index (Phi) is 5.27. The molecule has 7 nitrogen and oxygen atoms in total. The molecule has 0 saturated heterocycles. The Hall–Kier alpha value is -2.93. The van der Waals surface area contributed by atoms with E-state index in [9.17, 15) is 14.9 Å². The lowest BCUT2D eigenvalue weighted by atomic mass is 10.2. The normalized spacial score (nSPS) is 9.96. The fraction of sp³-hybridized carbons (Fsp3) is 0.0667. The number of urea groups is 1. The minimum atomic E-state index is -0.613. The summed E-state index contributed by atoms with van der Waals surface area (Å²) >= 11 is 5.72. The third kappa shape index (κ3) is 4.52. The van der Waals surface area contributed by atoms with Gasteiger partial charge in [0.25, 0.3) is 5.69 Å². The number of rotatable bonds is 5. The zero-order chi connectivity index (χ0) is 16.8. The molecule has 0 aliphatic carbocycles. The highest BCUT2D eigenvalue weighted by Crippen LogP contribution is 2.27. The van der Waals surface area contributed by atoms with Crippen LogP contribution >= 0.6 is 11.6 Å². The standard InChI is InChI=1S/C15H13ClN4O3/c1-17-9-10-2-4-11(5-3-10)18-15(21)19-12-6-7-13(16)14(8-12)20(22)23/h2-8H,1,9H2,(H2,18,19,21). The van der Waals surface area contributed by atoms with Crippen molar-refractivity contribution in [2.45, 2.75) is 6.54 Å². The van der Waals surface area contributed by atoms with Crippen LogP contribution in [0, 0.1) is 10.1 Å². The molecule has 2 aromatic rings. The van der Waals surface area contributed by atoms with Crippen LogP contribution in [0.25, 0.3) is 0 Å². The van der Waals surface area contributed by atoms with Crippen LogP contribution < -0.4 is 10.6 Å². The molecule has 0 fully saturated rings. The van der Waals surface area contributed by atoms with Crippen molar-refractivity contribution in [1.82, 2.24) is 0 Å². The van der Waals surface area contributed by atoms with Crippen LogP contribution in [0.2, 0.25) is 5.02 Å².